The zero-order valence-electron chi connectivity index (χ0n) is 8.08. The summed E-state index contributed by atoms with van der Waals surface area (Å²) >= 11 is 1.41. The van der Waals surface area contributed by atoms with Crippen LogP contribution >= 0.6 is 11.8 Å². The molecule has 1 aliphatic rings. The standard InChI is InChI=1S/C10H7NO3S2/c12-7-11-16(13,14)9-5-1-3-8-4-2-6-15-10(8)9/h1-5H,6H2. The molecule has 2 rings (SSSR count). The van der Waals surface area contributed by atoms with E-state index in [1.54, 1.807) is 6.07 Å². The van der Waals surface area contributed by atoms with Crippen molar-refractivity contribution < 1.29 is 13.2 Å². The molecule has 0 bridgehead atoms. The monoisotopic (exact) mass is 253 g/mol. The van der Waals surface area contributed by atoms with Gasteiger partial charge in [0.1, 0.15) is 4.90 Å². The molecule has 0 amide bonds. The molecule has 1 aromatic rings. The first-order valence-electron chi connectivity index (χ1n) is 4.41. The van der Waals surface area contributed by atoms with Crippen LogP contribution in [0.4, 0.5) is 0 Å². The molecule has 0 atom stereocenters. The van der Waals surface area contributed by atoms with Gasteiger partial charge in [0.2, 0.25) is 0 Å². The van der Waals surface area contributed by atoms with Crippen LogP contribution in [0.1, 0.15) is 5.56 Å². The summed E-state index contributed by atoms with van der Waals surface area (Å²) in [5.41, 5.74) is 0.832. The Labute approximate surface area is 97.1 Å². The highest BCUT2D eigenvalue weighted by atomic mass is 32.2. The largest absolute Gasteiger partial charge is 0.293 e. The summed E-state index contributed by atoms with van der Waals surface area (Å²) in [6.07, 6.45) is 4.88. The number of hydrogen-bond acceptors (Lipinski definition) is 4. The maximum atomic E-state index is 11.6. The molecule has 16 heavy (non-hydrogen) atoms. The van der Waals surface area contributed by atoms with E-state index < -0.39 is 10.0 Å². The molecule has 6 heteroatoms. The van der Waals surface area contributed by atoms with Gasteiger partial charge in [-0.25, -0.2) is 4.79 Å². The highest BCUT2D eigenvalue weighted by Gasteiger charge is 2.20. The molecular formula is C10H7NO3S2. The summed E-state index contributed by atoms with van der Waals surface area (Å²) < 4.78 is 26.1. The smallest absolute Gasteiger partial charge is 0.210 e. The van der Waals surface area contributed by atoms with E-state index >= 15 is 0 Å². The second-order valence-electron chi connectivity index (χ2n) is 3.05. The lowest BCUT2D eigenvalue weighted by atomic mass is 10.2. The molecule has 1 aromatic carbocycles. The van der Waals surface area contributed by atoms with Gasteiger partial charge < -0.3 is 0 Å². The summed E-state index contributed by atoms with van der Waals surface area (Å²) in [5.74, 6) is 0.713. The summed E-state index contributed by atoms with van der Waals surface area (Å²) in [6.45, 7) is 0. The number of isocyanates is 1. The molecule has 0 N–H and O–H groups in total. The topological polar surface area (TPSA) is 63.6 Å². The lowest BCUT2D eigenvalue weighted by Gasteiger charge is -2.12. The van der Waals surface area contributed by atoms with Crippen LogP contribution in [0.2, 0.25) is 0 Å². The number of nitrogens with zero attached hydrogens (tertiary/aromatic N) is 1. The lowest BCUT2D eigenvalue weighted by molar-refractivity contribution is 0.563. The molecule has 0 unspecified atom stereocenters. The van der Waals surface area contributed by atoms with E-state index in [-0.39, 0.29) is 4.90 Å². The molecule has 0 spiro atoms. The van der Waals surface area contributed by atoms with Crippen molar-refractivity contribution in [3.63, 3.8) is 0 Å². The van der Waals surface area contributed by atoms with Crippen molar-refractivity contribution in [2.24, 2.45) is 4.40 Å². The molecule has 0 aromatic heterocycles. The van der Waals surface area contributed by atoms with Gasteiger partial charge in [0.05, 0.1) is 0 Å². The maximum Gasteiger partial charge on any atom is 0.293 e. The van der Waals surface area contributed by atoms with Crippen molar-refractivity contribution in [2.45, 2.75) is 9.79 Å². The van der Waals surface area contributed by atoms with E-state index in [0.29, 0.717) is 10.6 Å². The Morgan fingerprint density at radius 1 is 1.38 bits per heavy atom. The minimum atomic E-state index is -3.91. The van der Waals surface area contributed by atoms with Crippen molar-refractivity contribution in [2.75, 3.05) is 5.75 Å². The SMILES string of the molecule is O=C=NS(=O)(=O)c1cccc2c1SCC=C2. The Bertz CT molecular complexity index is 598. The zero-order valence-corrected chi connectivity index (χ0v) is 9.72. The van der Waals surface area contributed by atoms with Gasteiger partial charge in [0, 0.05) is 10.6 Å². The maximum absolute atomic E-state index is 11.6. The lowest BCUT2D eigenvalue weighted by Crippen LogP contribution is -2.01. The number of fused-ring (bicyclic) bond motifs is 1. The second kappa shape index (κ2) is 4.25. The van der Waals surface area contributed by atoms with E-state index in [4.69, 9.17) is 0 Å². The number of benzene rings is 1. The molecule has 1 aliphatic heterocycles. The first-order valence-corrected chi connectivity index (χ1v) is 6.84. The number of sulfonamides is 1. The van der Waals surface area contributed by atoms with Crippen LogP contribution in [0.25, 0.3) is 6.08 Å². The number of carbonyl (C=O) groups excluding carboxylic acids is 1. The van der Waals surface area contributed by atoms with E-state index in [9.17, 15) is 13.2 Å². The first-order chi connectivity index (χ1) is 7.65. The Morgan fingerprint density at radius 3 is 2.94 bits per heavy atom. The van der Waals surface area contributed by atoms with E-state index in [0.717, 1.165) is 11.6 Å². The van der Waals surface area contributed by atoms with Crippen molar-refractivity contribution in [1.29, 1.82) is 0 Å². The van der Waals surface area contributed by atoms with Crippen molar-refractivity contribution in [3.05, 3.63) is 29.8 Å². The van der Waals surface area contributed by atoms with E-state index in [1.807, 2.05) is 18.2 Å². The number of hydrogen-bond donors (Lipinski definition) is 0. The van der Waals surface area contributed by atoms with Gasteiger partial charge in [-0.3, -0.25) is 0 Å². The third kappa shape index (κ3) is 1.95. The van der Waals surface area contributed by atoms with Crippen LogP contribution in [-0.2, 0) is 14.8 Å². The Balaban J connectivity index is 2.68. The van der Waals surface area contributed by atoms with Gasteiger partial charge in [-0.15, -0.1) is 11.8 Å². The fourth-order valence-electron chi connectivity index (χ4n) is 1.43. The van der Waals surface area contributed by atoms with Crippen LogP contribution in [0.15, 0.2) is 38.5 Å². The predicted octanol–water partition coefficient (Wildman–Crippen LogP) is 1.83. The molecule has 0 fully saturated rings. The summed E-state index contributed by atoms with van der Waals surface area (Å²) in [7, 11) is -3.91. The van der Waals surface area contributed by atoms with Gasteiger partial charge >= 0.3 is 0 Å². The normalized spacial score (nSPS) is 14.0. The van der Waals surface area contributed by atoms with Crippen LogP contribution < -0.4 is 0 Å². The summed E-state index contributed by atoms with van der Waals surface area (Å²) in [5, 5.41) is 0. The van der Waals surface area contributed by atoms with Crippen molar-refractivity contribution in [3.8, 4) is 0 Å². The highest BCUT2D eigenvalue weighted by molar-refractivity contribution is 8.00. The Hall–Kier alpha value is -1.36. The molecule has 1 heterocycles. The number of rotatable bonds is 2. The summed E-state index contributed by atoms with van der Waals surface area (Å²) in [4.78, 5) is 10.8. The van der Waals surface area contributed by atoms with Crippen LogP contribution in [0.5, 0.6) is 0 Å². The van der Waals surface area contributed by atoms with E-state index in [2.05, 4.69) is 4.40 Å². The van der Waals surface area contributed by atoms with E-state index in [1.165, 1.54) is 17.8 Å². The summed E-state index contributed by atoms with van der Waals surface area (Å²) in [6, 6.07) is 4.89. The van der Waals surface area contributed by atoms with Gasteiger partial charge in [0.25, 0.3) is 16.1 Å². The molecule has 0 radical (unpaired) electrons. The van der Waals surface area contributed by atoms with Crippen molar-refractivity contribution in [1.82, 2.24) is 0 Å². The fraction of sp³-hybridized carbons (Fsp3) is 0.100. The minimum Gasteiger partial charge on any atom is -0.210 e. The van der Waals surface area contributed by atoms with Gasteiger partial charge in [-0.1, -0.05) is 28.7 Å². The Morgan fingerprint density at radius 2 is 2.19 bits per heavy atom. The average Bonchev–Trinajstić information content (AvgIpc) is 2.28. The van der Waals surface area contributed by atoms with Gasteiger partial charge in [-0.2, -0.15) is 8.42 Å². The van der Waals surface area contributed by atoms with Crippen molar-refractivity contribution >= 4 is 33.9 Å². The Kier molecular flexibility index (Phi) is 2.96. The first kappa shape index (κ1) is 11.1. The minimum absolute atomic E-state index is 0.0719. The highest BCUT2D eigenvalue weighted by Crippen LogP contribution is 2.34. The van der Waals surface area contributed by atoms with Crippen LogP contribution in [0.3, 0.4) is 0 Å². The zero-order chi connectivity index (χ0) is 11.6. The predicted molar refractivity (Wildman–Crippen MR) is 61.5 cm³/mol. The van der Waals surface area contributed by atoms with Crippen LogP contribution in [0, 0.1) is 0 Å². The van der Waals surface area contributed by atoms with Crippen LogP contribution in [-0.4, -0.2) is 20.3 Å². The second-order valence-corrected chi connectivity index (χ2v) is 5.65. The molecule has 0 aliphatic carbocycles. The third-order valence-electron chi connectivity index (χ3n) is 2.07. The number of thioether (sulfide) groups is 1. The quantitative estimate of drug-likeness (QED) is 0.596. The third-order valence-corrected chi connectivity index (χ3v) is 4.51. The average molecular weight is 253 g/mol. The molecular weight excluding hydrogens is 246 g/mol. The molecule has 4 nitrogen and oxygen atoms in total. The molecule has 0 saturated carbocycles. The molecule has 82 valence electrons. The fourth-order valence-corrected chi connectivity index (χ4v) is 3.59. The van der Waals surface area contributed by atoms with Gasteiger partial charge in [0.15, 0.2) is 0 Å². The van der Waals surface area contributed by atoms with Gasteiger partial charge in [-0.05, 0) is 11.6 Å². The molecule has 0 saturated heterocycles.